The summed E-state index contributed by atoms with van der Waals surface area (Å²) in [5.41, 5.74) is 7.90. The second-order valence-electron chi connectivity index (χ2n) is 4.97. The monoisotopic (exact) mass is 287 g/mol. The van der Waals surface area contributed by atoms with Crippen molar-refractivity contribution in [3.8, 4) is 11.5 Å². The lowest BCUT2D eigenvalue weighted by atomic mass is 10.0. The second kappa shape index (κ2) is 7.11. The summed E-state index contributed by atoms with van der Waals surface area (Å²) in [5, 5.41) is 9.05. The molecule has 0 aromatic heterocycles. The van der Waals surface area contributed by atoms with Crippen LogP contribution in [0.15, 0.2) is 48.5 Å². The van der Waals surface area contributed by atoms with Crippen molar-refractivity contribution in [2.75, 3.05) is 7.11 Å². The van der Waals surface area contributed by atoms with E-state index in [1.807, 2.05) is 55.5 Å². The van der Waals surface area contributed by atoms with E-state index in [2.05, 4.69) is 0 Å². The average Bonchev–Trinajstić information content (AvgIpc) is 2.53. The van der Waals surface area contributed by atoms with Gasteiger partial charge in [-0.1, -0.05) is 24.3 Å². The molecule has 0 heterocycles. The highest BCUT2D eigenvalue weighted by molar-refractivity contribution is 5.31. The highest BCUT2D eigenvalue weighted by Crippen LogP contribution is 2.26. The van der Waals surface area contributed by atoms with Crippen molar-refractivity contribution < 1.29 is 14.6 Å². The Morgan fingerprint density at radius 2 is 1.57 bits per heavy atom. The van der Waals surface area contributed by atoms with Crippen LogP contribution in [0.25, 0.3) is 0 Å². The number of methoxy groups -OCH3 is 1. The first-order valence-electron chi connectivity index (χ1n) is 6.90. The van der Waals surface area contributed by atoms with Crippen LogP contribution < -0.4 is 15.2 Å². The zero-order valence-corrected chi connectivity index (χ0v) is 12.3. The van der Waals surface area contributed by atoms with Gasteiger partial charge in [0.25, 0.3) is 0 Å². The molecule has 0 aliphatic rings. The number of aliphatic hydroxyl groups is 1. The van der Waals surface area contributed by atoms with Crippen molar-refractivity contribution in [2.45, 2.75) is 25.7 Å². The molecule has 2 rings (SSSR count). The van der Waals surface area contributed by atoms with Crippen molar-refractivity contribution in [3.05, 3.63) is 59.7 Å². The van der Waals surface area contributed by atoms with Gasteiger partial charge in [0.1, 0.15) is 17.6 Å². The molecule has 112 valence electrons. The molecule has 0 aliphatic heterocycles. The molecule has 0 spiro atoms. The van der Waals surface area contributed by atoms with Gasteiger partial charge in [-0.25, -0.2) is 0 Å². The minimum atomic E-state index is -0.240. The molecule has 0 aliphatic carbocycles. The SMILES string of the molecule is COc1ccc(C(Oc2ccc(CO)cc2)C(C)N)cc1. The maximum atomic E-state index is 9.05. The van der Waals surface area contributed by atoms with E-state index in [1.165, 1.54) is 0 Å². The topological polar surface area (TPSA) is 64.7 Å². The third kappa shape index (κ3) is 3.97. The molecule has 0 saturated heterocycles. The van der Waals surface area contributed by atoms with Crippen molar-refractivity contribution in [2.24, 2.45) is 5.73 Å². The lowest BCUT2D eigenvalue weighted by molar-refractivity contribution is 0.180. The zero-order valence-electron chi connectivity index (χ0n) is 12.3. The Morgan fingerprint density at radius 1 is 1.00 bits per heavy atom. The van der Waals surface area contributed by atoms with Gasteiger partial charge in [0.2, 0.25) is 0 Å². The van der Waals surface area contributed by atoms with Crippen LogP contribution in [0.5, 0.6) is 11.5 Å². The van der Waals surface area contributed by atoms with E-state index in [9.17, 15) is 0 Å². The van der Waals surface area contributed by atoms with Crippen LogP contribution in [0, 0.1) is 0 Å². The van der Waals surface area contributed by atoms with Crippen LogP contribution in [0.1, 0.15) is 24.2 Å². The van der Waals surface area contributed by atoms with Gasteiger partial charge in [-0.2, -0.15) is 0 Å². The standard InChI is InChI=1S/C17H21NO3/c1-12(18)17(14-5-9-15(20-2)10-6-14)21-16-7-3-13(11-19)4-8-16/h3-10,12,17,19H,11,18H2,1-2H3. The largest absolute Gasteiger partial charge is 0.497 e. The molecule has 0 fully saturated rings. The predicted octanol–water partition coefficient (Wildman–Crippen LogP) is 2.65. The third-order valence-electron chi connectivity index (χ3n) is 3.29. The zero-order chi connectivity index (χ0) is 15.2. The summed E-state index contributed by atoms with van der Waals surface area (Å²) in [6.45, 7) is 1.94. The molecule has 2 unspecified atom stereocenters. The Labute approximate surface area is 125 Å². The van der Waals surface area contributed by atoms with Crippen LogP contribution in [0.3, 0.4) is 0 Å². The minimum absolute atomic E-state index is 0.0233. The maximum absolute atomic E-state index is 9.05. The molecule has 4 heteroatoms. The summed E-state index contributed by atoms with van der Waals surface area (Å²) >= 11 is 0. The lowest BCUT2D eigenvalue weighted by Gasteiger charge is -2.23. The molecule has 0 bridgehead atoms. The van der Waals surface area contributed by atoms with Crippen molar-refractivity contribution in [1.82, 2.24) is 0 Å². The molecule has 21 heavy (non-hydrogen) atoms. The fourth-order valence-electron chi connectivity index (χ4n) is 2.09. The molecule has 0 amide bonds. The van der Waals surface area contributed by atoms with E-state index in [1.54, 1.807) is 7.11 Å². The molecule has 0 radical (unpaired) electrons. The van der Waals surface area contributed by atoms with Crippen molar-refractivity contribution in [1.29, 1.82) is 0 Å². The number of hydrogen-bond donors (Lipinski definition) is 2. The number of ether oxygens (including phenoxy) is 2. The fourth-order valence-corrected chi connectivity index (χ4v) is 2.09. The van der Waals surface area contributed by atoms with Gasteiger partial charge in [0.05, 0.1) is 13.7 Å². The van der Waals surface area contributed by atoms with Gasteiger partial charge in [0.15, 0.2) is 0 Å². The molecule has 0 saturated carbocycles. The van der Waals surface area contributed by atoms with Gasteiger partial charge in [0, 0.05) is 6.04 Å². The highest BCUT2D eigenvalue weighted by atomic mass is 16.5. The van der Waals surface area contributed by atoms with E-state index < -0.39 is 0 Å². The summed E-state index contributed by atoms with van der Waals surface area (Å²) in [7, 11) is 1.64. The minimum Gasteiger partial charge on any atom is -0.497 e. The van der Waals surface area contributed by atoms with Gasteiger partial charge in [-0.05, 0) is 42.3 Å². The first-order valence-corrected chi connectivity index (χ1v) is 6.90. The quantitative estimate of drug-likeness (QED) is 0.857. The summed E-state index contributed by atoms with van der Waals surface area (Å²) in [5.74, 6) is 1.53. The molecule has 2 aromatic rings. The third-order valence-corrected chi connectivity index (χ3v) is 3.29. The van der Waals surface area contributed by atoms with E-state index >= 15 is 0 Å². The van der Waals surface area contributed by atoms with Crippen molar-refractivity contribution in [3.63, 3.8) is 0 Å². The summed E-state index contributed by atoms with van der Waals surface area (Å²) in [4.78, 5) is 0. The predicted molar refractivity (Wildman–Crippen MR) is 82.4 cm³/mol. The van der Waals surface area contributed by atoms with Crippen LogP contribution >= 0.6 is 0 Å². The van der Waals surface area contributed by atoms with E-state index in [-0.39, 0.29) is 18.8 Å². The van der Waals surface area contributed by atoms with Gasteiger partial charge < -0.3 is 20.3 Å². The molecule has 4 nitrogen and oxygen atoms in total. The van der Waals surface area contributed by atoms with Gasteiger partial charge in [-0.15, -0.1) is 0 Å². The van der Waals surface area contributed by atoms with Gasteiger partial charge in [-0.3, -0.25) is 0 Å². The lowest BCUT2D eigenvalue weighted by Crippen LogP contribution is -2.29. The number of nitrogens with two attached hydrogens (primary N) is 1. The fraction of sp³-hybridized carbons (Fsp3) is 0.294. The molecule has 2 aromatic carbocycles. The van der Waals surface area contributed by atoms with E-state index in [0.29, 0.717) is 0 Å². The first kappa shape index (κ1) is 15.4. The summed E-state index contributed by atoms with van der Waals surface area (Å²) < 4.78 is 11.1. The highest BCUT2D eigenvalue weighted by Gasteiger charge is 2.18. The molecular formula is C17H21NO3. The smallest absolute Gasteiger partial charge is 0.138 e. The number of aliphatic hydroxyl groups excluding tert-OH is 1. The Balaban J connectivity index is 2.17. The normalized spacial score (nSPS) is 13.5. The molecule has 2 atom stereocenters. The van der Waals surface area contributed by atoms with Crippen LogP contribution in [0.2, 0.25) is 0 Å². The summed E-state index contributed by atoms with van der Waals surface area (Å²) in [6.07, 6.45) is -0.240. The average molecular weight is 287 g/mol. The van der Waals surface area contributed by atoms with E-state index in [0.717, 1.165) is 22.6 Å². The van der Waals surface area contributed by atoms with Crippen LogP contribution in [-0.4, -0.2) is 18.3 Å². The summed E-state index contributed by atoms with van der Waals surface area (Å²) in [6, 6.07) is 14.9. The molecular weight excluding hydrogens is 266 g/mol. The first-order chi connectivity index (χ1) is 10.1. The van der Waals surface area contributed by atoms with Gasteiger partial charge >= 0.3 is 0 Å². The number of hydrogen-bond acceptors (Lipinski definition) is 4. The van der Waals surface area contributed by atoms with Crippen LogP contribution in [-0.2, 0) is 6.61 Å². The second-order valence-corrected chi connectivity index (χ2v) is 4.97. The van der Waals surface area contributed by atoms with Crippen molar-refractivity contribution >= 4 is 0 Å². The van der Waals surface area contributed by atoms with Crippen LogP contribution in [0.4, 0.5) is 0 Å². The Morgan fingerprint density at radius 3 is 2.05 bits per heavy atom. The Bertz CT molecular complexity index is 549. The molecule has 3 N–H and O–H groups in total. The number of benzene rings is 2. The number of rotatable bonds is 6. The maximum Gasteiger partial charge on any atom is 0.138 e. The Kier molecular flexibility index (Phi) is 5.20. The Hall–Kier alpha value is -2.04. The van der Waals surface area contributed by atoms with E-state index in [4.69, 9.17) is 20.3 Å².